The van der Waals surface area contributed by atoms with Gasteiger partial charge in [-0.15, -0.1) is 0 Å². The van der Waals surface area contributed by atoms with Crippen LogP contribution in [0.5, 0.6) is 0 Å². The molecule has 7 heteroatoms. The molecule has 0 unspecified atom stereocenters. The highest BCUT2D eigenvalue weighted by molar-refractivity contribution is 7.91. The number of nitrogens with zero attached hydrogens (tertiary/aromatic N) is 1. The van der Waals surface area contributed by atoms with Crippen molar-refractivity contribution in [2.75, 3.05) is 11.5 Å². The van der Waals surface area contributed by atoms with Crippen molar-refractivity contribution in [3.63, 3.8) is 0 Å². The molecule has 2 heterocycles. The second-order valence-electron chi connectivity index (χ2n) is 6.75. The molecule has 0 aliphatic carbocycles. The predicted octanol–water partition coefficient (Wildman–Crippen LogP) is 2.12. The average Bonchev–Trinajstić information content (AvgIpc) is 2.81. The van der Waals surface area contributed by atoms with Crippen LogP contribution in [0.15, 0.2) is 42.7 Å². The molecule has 1 aliphatic heterocycles. The Morgan fingerprint density at radius 3 is 2.76 bits per heavy atom. The van der Waals surface area contributed by atoms with Crippen LogP contribution in [0.4, 0.5) is 4.39 Å². The molecule has 1 amide bonds. The van der Waals surface area contributed by atoms with E-state index in [1.807, 2.05) is 0 Å². The van der Waals surface area contributed by atoms with E-state index in [1.165, 1.54) is 18.3 Å². The van der Waals surface area contributed by atoms with Crippen molar-refractivity contribution in [3.05, 3.63) is 65.2 Å². The maximum Gasteiger partial charge on any atom is 0.253 e. The number of aromatic nitrogens is 1. The zero-order valence-corrected chi connectivity index (χ0v) is 14.6. The third-order valence-corrected chi connectivity index (χ3v) is 6.18. The molecule has 1 aliphatic rings. The summed E-state index contributed by atoms with van der Waals surface area (Å²) in [6, 6.07) is 7.95. The van der Waals surface area contributed by atoms with Crippen LogP contribution in [0, 0.1) is 5.82 Å². The van der Waals surface area contributed by atoms with Gasteiger partial charge in [-0.2, -0.15) is 0 Å². The maximum atomic E-state index is 13.3. The lowest BCUT2D eigenvalue weighted by Crippen LogP contribution is -2.46. The number of carbonyl (C=O) groups excluding carboxylic acids is 1. The first kappa shape index (κ1) is 17.5. The van der Waals surface area contributed by atoms with E-state index in [1.54, 1.807) is 31.3 Å². The summed E-state index contributed by atoms with van der Waals surface area (Å²) in [5, 5.41) is 2.81. The van der Waals surface area contributed by atoms with Gasteiger partial charge in [0.25, 0.3) is 5.91 Å². The highest BCUT2D eigenvalue weighted by atomic mass is 32.2. The molecule has 0 spiro atoms. The zero-order valence-electron chi connectivity index (χ0n) is 13.8. The standard InChI is InChI=1S/C18H19FN2O3S/c1-18(5-6-25(23,24)12-18)21-17(22)15-8-14(10-20-11-15)7-13-3-2-4-16(19)9-13/h2-4,8-11H,5-7,12H2,1H3,(H,21,22)/t18-/m0/s1. The number of pyridine rings is 1. The largest absolute Gasteiger partial charge is 0.346 e. The lowest BCUT2D eigenvalue weighted by molar-refractivity contribution is 0.0915. The summed E-state index contributed by atoms with van der Waals surface area (Å²) in [4.78, 5) is 16.5. The Kier molecular flexibility index (Phi) is 4.60. The maximum absolute atomic E-state index is 13.3. The lowest BCUT2D eigenvalue weighted by atomic mass is 10.0. The number of amides is 1. The minimum absolute atomic E-state index is 0.0534. The molecule has 0 saturated carbocycles. The number of hydrogen-bond donors (Lipinski definition) is 1. The van der Waals surface area contributed by atoms with E-state index in [2.05, 4.69) is 10.3 Å². The molecular formula is C18H19FN2O3S. The molecular weight excluding hydrogens is 343 g/mol. The van der Waals surface area contributed by atoms with Crippen LogP contribution >= 0.6 is 0 Å². The molecule has 25 heavy (non-hydrogen) atoms. The van der Waals surface area contributed by atoms with Crippen LogP contribution < -0.4 is 5.32 Å². The summed E-state index contributed by atoms with van der Waals surface area (Å²) < 4.78 is 36.6. The van der Waals surface area contributed by atoms with Gasteiger partial charge < -0.3 is 5.32 Å². The van der Waals surface area contributed by atoms with Crippen molar-refractivity contribution < 1.29 is 17.6 Å². The lowest BCUT2D eigenvalue weighted by Gasteiger charge is -2.23. The van der Waals surface area contributed by atoms with Crippen molar-refractivity contribution in [3.8, 4) is 0 Å². The number of halogens is 1. The van der Waals surface area contributed by atoms with Crippen molar-refractivity contribution >= 4 is 15.7 Å². The molecule has 0 radical (unpaired) electrons. The Morgan fingerprint density at radius 1 is 1.28 bits per heavy atom. The number of rotatable bonds is 4. The van der Waals surface area contributed by atoms with Crippen LogP contribution in [0.3, 0.4) is 0 Å². The molecule has 1 aromatic carbocycles. The first-order chi connectivity index (χ1) is 11.7. The van der Waals surface area contributed by atoms with Crippen molar-refractivity contribution in [2.24, 2.45) is 0 Å². The fourth-order valence-electron chi connectivity index (χ4n) is 3.05. The number of benzene rings is 1. The first-order valence-corrected chi connectivity index (χ1v) is 9.78. The molecule has 132 valence electrons. The van der Waals surface area contributed by atoms with Gasteiger partial charge in [-0.05, 0) is 49.1 Å². The van der Waals surface area contributed by atoms with Gasteiger partial charge in [0.05, 0.1) is 22.6 Å². The number of carbonyl (C=O) groups is 1. The van der Waals surface area contributed by atoms with Gasteiger partial charge in [0, 0.05) is 12.4 Å². The Bertz CT molecular complexity index is 914. The van der Waals surface area contributed by atoms with Gasteiger partial charge in [0.1, 0.15) is 5.82 Å². The predicted molar refractivity (Wildman–Crippen MR) is 92.6 cm³/mol. The quantitative estimate of drug-likeness (QED) is 0.904. The smallest absolute Gasteiger partial charge is 0.253 e. The Labute approximate surface area is 146 Å². The Balaban J connectivity index is 1.74. The highest BCUT2D eigenvalue weighted by Crippen LogP contribution is 2.23. The van der Waals surface area contributed by atoms with Crippen molar-refractivity contribution in [1.82, 2.24) is 10.3 Å². The topological polar surface area (TPSA) is 76.1 Å². The van der Waals surface area contributed by atoms with E-state index >= 15 is 0 Å². The van der Waals surface area contributed by atoms with Gasteiger partial charge in [-0.1, -0.05) is 12.1 Å². The monoisotopic (exact) mass is 362 g/mol. The summed E-state index contributed by atoms with van der Waals surface area (Å²) in [7, 11) is -3.10. The van der Waals surface area contributed by atoms with Gasteiger partial charge in [-0.3, -0.25) is 9.78 Å². The number of sulfone groups is 1. The third kappa shape index (κ3) is 4.42. The second kappa shape index (κ2) is 6.55. The summed E-state index contributed by atoms with van der Waals surface area (Å²) in [6.45, 7) is 1.74. The van der Waals surface area contributed by atoms with Gasteiger partial charge >= 0.3 is 0 Å². The average molecular weight is 362 g/mol. The fraction of sp³-hybridized carbons (Fsp3) is 0.333. The molecule has 3 rings (SSSR count). The normalized spacial score (nSPS) is 21.8. The highest BCUT2D eigenvalue weighted by Gasteiger charge is 2.39. The molecule has 1 fully saturated rings. The van der Waals surface area contributed by atoms with Crippen LogP contribution in [0.2, 0.25) is 0 Å². The molecule has 1 saturated heterocycles. The van der Waals surface area contributed by atoms with Crippen molar-refractivity contribution in [2.45, 2.75) is 25.3 Å². The summed E-state index contributed by atoms with van der Waals surface area (Å²) >= 11 is 0. The molecule has 1 aromatic heterocycles. The van der Waals surface area contributed by atoms with E-state index in [0.717, 1.165) is 11.1 Å². The molecule has 0 bridgehead atoms. The van der Waals surface area contributed by atoms with Crippen LogP contribution in [0.1, 0.15) is 34.8 Å². The Morgan fingerprint density at radius 2 is 2.08 bits per heavy atom. The van der Waals surface area contributed by atoms with Crippen molar-refractivity contribution in [1.29, 1.82) is 0 Å². The summed E-state index contributed by atoms with van der Waals surface area (Å²) in [5.41, 5.74) is 1.17. The van der Waals surface area contributed by atoms with Gasteiger partial charge in [0.15, 0.2) is 9.84 Å². The van der Waals surface area contributed by atoms with E-state index in [0.29, 0.717) is 18.4 Å². The molecule has 1 atom stereocenters. The van der Waals surface area contributed by atoms with Crippen LogP contribution in [-0.4, -0.2) is 36.4 Å². The first-order valence-electron chi connectivity index (χ1n) is 7.96. The Hall–Kier alpha value is -2.28. The minimum Gasteiger partial charge on any atom is -0.346 e. The van der Waals surface area contributed by atoms with Gasteiger partial charge in [0.2, 0.25) is 0 Å². The van der Waals surface area contributed by atoms with Crippen LogP contribution in [-0.2, 0) is 16.3 Å². The molecule has 1 N–H and O–H groups in total. The summed E-state index contributed by atoms with van der Waals surface area (Å²) in [6.07, 6.45) is 3.93. The third-order valence-electron chi connectivity index (χ3n) is 4.27. The second-order valence-corrected chi connectivity index (χ2v) is 8.93. The number of nitrogens with one attached hydrogen (secondary N) is 1. The van der Waals surface area contributed by atoms with E-state index < -0.39 is 15.4 Å². The van der Waals surface area contributed by atoms with E-state index in [4.69, 9.17) is 0 Å². The fourth-order valence-corrected chi connectivity index (χ4v) is 5.14. The summed E-state index contributed by atoms with van der Waals surface area (Å²) in [5.74, 6) is -0.632. The zero-order chi connectivity index (χ0) is 18.1. The molecule has 5 nitrogen and oxygen atoms in total. The minimum atomic E-state index is -3.10. The van der Waals surface area contributed by atoms with Crippen LogP contribution in [0.25, 0.3) is 0 Å². The SMILES string of the molecule is C[C@]1(NC(=O)c2cncc(Cc3cccc(F)c3)c2)CCS(=O)(=O)C1. The number of hydrogen-bond acceptors (Lipinski definition) is 4. The van der Waals surface area contributed by atoms with E-state index in [9.17, 15) is 17.6 Å². The molecule has 2 aromatic rings. The van der Waals surface area contributed by atoms with Gasteiger partial charge in [-0.25, -0.2) is 12.8 Å². The van der Waals surface area contributed by atoms with E-state index in [-0.39, 0.29) is 23.2 Å².